The lowest BCUT2D eigenvalue weighted by atomic mass is 9.57. The Morgan fingerprint density at radius 2 is 1.82 bits per heavy atom. The zero-order valence-corrected chi connectivity index (χ0v) is 24.7. The van der Waals surface area contributed by atoms with Crippen LogP contribution in [0.15, 0.2) is 54.6 Å². The lowest BCUT2D eigenvalue weighted by molar-refractivity contribution is -0.123. The summed E-state index contributed by atoms with van der Waals surface area (Å²) in [6, 6.07) is 19.2. The molecule has 1 aliphatic carbocycles. The number of ether oxygens (including phenoxy) is 1. The van der Waals surface area contributed by atoms with Crippen molar-refractivity contribution in [3.05, 3.63) is 65.7 Å². The highest BCUT2D eigenvalue weighted by atomic mass is 35.5. The van der Waals surface area contributed by atoms with E-state index in [2.05, 4.69) is 58.4 Å². The van der Waals surface area contributed by atoms with Crippen LogP contribution in [0, 0.1) is 5.92 Å². The predicted molar refractivity (Wildman–Crippen MR) is 161 cm³/mol. The first kappa shape index (κ1) is 31.7. The van der Waals surface area contributed by atoms with Crippen LogP contribution in [0.1, 0.15) is 50.2 Å². The lowest BCUT2D eigenvalue weighted by Gasteiger charge is -2.56. The number of phenolic OH excluding ortho intramolecular Hbond substituents is 1. The number of aryl methyl sites for hydroxylation is 1. The number of benzene rings is 2. The average molecular weight is 579 g/mol. The molecule has 216 valence electrons. The van der Waals surface area contributed by atoms with Crippen molar-refractivity contribution in [3.8, 4) is 5.75 Å². The van der Waals surface area contributed by atoms with Gasteiger partial charge in [-0.1, -0.05) is 49.4 Å². The van der Waals surface area contributed by atoms with Crippen LogP contribution in [0.5, 0.6) is 5.75 Å². The second-order valence-corrected chi connectivity index (χ2v) is 11.5. The number of nitrogens with zero attached hydrogens (tertiary/aromatic N) is 2. The summed E-state index contributed by atoms with van der Waals surface area (Å²) < 4.78 is 5.44. The van der Waals surface area contributed by atoms with E-state index in [1.807, 2.05) is 12.1 Å². The highest BCUT2D eigenvalue weighted by Crippen LogP contribution is 2.50. The minimum atomic E-state index is -0.0280. The van der Waals surface area contributed by atoms with E-state index in [-0.39, 0.29) is 42.2 Å². The smallest absolute Gasteiger partial charge is 0.221 e. The van der Waals surface area contributed by atoms with Crippen molar-refractivity contribution in [2.45, 2.75) is 62.9 Å². The first-order valence-electron chi connectivity index (χ1n) is 14.2. The zero-order valence-electron chi connectivity index (χ0n) is 23.1. The lowest BCUT2D eigenvalue weighted by Crippen LogP contribution is -2.61. The summed E-state index contributed by atoms with van der Waals surface area (Å²) in [6.07, 6.45) is 5.80. The molecule has 8 heteroatoms. The first-order chi connectivity index (χ1) is 18.0. The number of likely N-dealkylation sites (tertiary alicyclic amines) is 1. The molecule has 2 aliphatic heterocycles. The number of phenols is 1. The third-order valence-electron chi connectivity index (χ3n) is 9.03. The van der Waals surface area contributed by atoms with Crippen molar-refractivity contribution in [1.82, 2.24) is 15.1 Å². The third-order valence-corrected chi connectivity index (χ3v) is 9.03. The van der Waals surface area contributed by atoms with Gasteiger partial charge in [-0.15, -0.1) is 24.8 Å². The van der Waals surface area contributed by atoms with E-state index in [0.29, 0.717) is 24.1 Å². The number of hydrogen-bond donors (Lipinski definition) is 2. The summed E-state index contributed by atoms with van der Waals surface area (Å²) in [5.41, 5.74) is 2.59. The van der Waals surface area contributed by atoms with Crippen molar-refractivity contribution < 1.29 is 14.6 Å². The number of hydrogen-bond acceptors (Lipinski definition) is 5. The third kappa shape index (κ3) is 7.89. The maximum absolute atomic E-state index is 13.0. The normalized spacial score (nSPS) is 27.2. The van der Waals surface area contributed by atoms with Gasteiger partial charge in [0.25, 0.3) is 0 Å². The number of morpholine rings is 1. The Morgan fingerprint density at radius 3 is 2.56 bits per heavy atom. The largest absolute Gasteiger partial charge is 0.508 e. The number of aromatic hydroxyl groups is 1. The van der Waals surface area contributed by atoms with E-state index in [1.54, 1.807) is 6.07 Å². The number of carbonyl (C=O) groups excluding carboxylic acids is 1. The van der Waals surface area contributed by atoms with Crippen molar-refractivity contribution in [3.63, 3.8) is 0 Å². The quantitative estimate of drug-likeness (QED) is 0.447. The van der Waals surface area contributed by atoms with Gasteiger partial charge in [0, 0.05) is 50.1 Å². The number of nitrogens with one attached hydrogen (secondary N) is 1. The molecule has 2 aromatic rings. The van der Waals surface area contributed by atoms with Gasteiger partial charge in [0.15, 0.2) is 0 Å². The molecule has 0 spiro atoms. The van der Waals surface area contributed by atoms with Crippen molar-refractivity contribution in [1.29, 1.82) is 0 Å². The van der Waals surface area contributed by atoms with Crippen LogP contribution in [0.2, 0.25) is 0 Å². The Bertz CT molecular complexity index is 1040. The monoisotopic (exact) mass is 577 g/mol. The molecule has 2 heterocycles. The summed E-state index contributed by atoms with van der Waals surface area (Å²) >= 11 is 0. The van der Waals surface area contributed by atoms with Crippen LogP contribution in [0.25, 0.3) is 0 Å². The summed E-state index contributed by atoms with van der Waals surface area (Å²) in [7, 11) is 0. The Kier molecular flexibility index (Phi) is 11.9. The zero-order chi connectivity index (χ0) is 25.7. The fourth-order valence-electron chi connectivity index (χ4n) is 7.03. The van der Waals surface area contributed by atoms with E-state index in [1.165, 1.54) is 11.1 Å². The summed E-state index contributed by atoms with van der Waals surface area (Å²) in [6.45, 7) is 8.65. The van der Waals surface area contributed by atoms with E-state index in [0.717, 1.165) is 78.0 Å². The molecule has 0 unspecified atom stereocenters. The van der Waals surface area contributed by atoms with Gasteiger partial charge < -0.3 is 15.2 Å². The van der Waals surface area contributed by atoms with Crippen LogP contribution in [0.4, 0.5) is 0 Å². The minimum Gasteiger partial charge on any atom is -0.508 e. The van der Waals surface area contributed by atoms with Gasteiger partial charge in [0.1, 0.15) is 5.75 Å². The molecule has 6 nitrogen and oxygen atoms in total. The SMILES string of the molecule is C[C@@H]1CN(CCCc2ccccc2)[C@H]2C[C@H](NC(=O)CCN3CCOCC3)C[C@]1(c1cccc(O)c1)C2.Cl.Cl. The Morgan fingerprint density at radius 1 is 1.05 bits per heavy atom. The maximum atomic E-state index is 13.0. The van der Waals surface area contributed by atoms with E-state index in [9.17, 15) is 9.90 Å². The maximum Gasteiger partial charge on any atom is 0.221 e. The summed E-state index contributed by atoms with van der Waals surface area (Å²) in [4.78, 5) is 18.0. The highest BCUT2D eigenvalue weighted by molar-refractivity contribution is 5.85. The number of piperidine rings is 1. The van der Waals surface area contributed by atoms with E-state index < -0.39 is 0 Å². The molecule has 2 N–H and O–H groups in total. The molecule has 3 fully saturated rings. The topological polar surface area (TPSA) is 65.0 Å². The van der Waals surface area contributed by atoms with Crippen LogP contribution in [-0.4, -0.2) is 78.8 Å². The fourth-order valence-corrected chi connectivity index (χ4v) is 7.03. The minimum absolute atomic E-state index is 0. The standard InChI is InChI=1S/C31H43N3O3.2ClH/c1-24-23-34(13-6-9-25-7-3-2-4-8-25)28-20-27(32-30(36)12-14-33-15-17-37-18-16-33)21-31(24,22-28)26-10-5-11-29(35)19-26;;/h2-5,7-8,10-11,19,24,27-28,35H,6,9,12-18,20-23H2,1H3,(H,32,36);2*1H/t24-,27+,28+,31+;;/m1../s1. The predicted octanol–water partition coefficient (Wildman–Crippen LogP) is 4.82. The van der Waals surface area contributed by atoms with Crippen LogP contribution in [-0.2, 0) is 21.4 Å². The number of halogens is 2. The fraction of sp³-hybridized carbons (Fsp3) is 0.581. The van der Waals surface area contributed by atoms with E-state index in [4.69, 9.17) is 4.74 Å². The molecule has 1 saturated carbocycles. The van der Waals surface area contributed by atoms with Gasteiger partial charge >= 0.3 is 0 Å². The van der Waals surface area contributed by atoms with Gasteiger partial charge in [-0.3, -0.25) is 14.6 Å². The highest BCUT2D eigenvalue weighted by Gasteiger charge is 2.51. The van der Waals surface area contributed by atoms with Gasteiger partial charge in [-0.2, -0.15) is 0 Å². The van der Waals surface area contributed by atoms with Crippen molar-refractivity contribution >= 4 is 30.7 Å². The summed E-state index contributed by atoms with van der Waals surface area (Å²) in [5.74, 6) is 0.929. The van der Waals surface area contributed by atoms with Gasteiger partial charge in [-0.05, 0) is 67.8 Å². The molecule has 2 saturated heterocycles. The van der Waals surface area contributed by atoms with Gasteiger partial charge in [0.2, 0.25) is 5.91 Å². The number of carbonyl (C=O) groups is 1. The molecule has 0 radical (unpaired) electrons. The van der Waals surface area contributed by atoms with E-state index >= 15 is 0 Å². The van der Waals surface area contributed by atoms with Crippen LogP contribution < -0.4 is 5.32 Å². The molecule has 2 aromatic carbocycles. The molecule has 1 amide bonds. The number of fused-ring (bicyclic) bond motifs is 2. The van der Waals surface area contributed by atoms with Gasteiger partial charge in [-0.25, -0.2) is 0 Å². The van der Waals surface area contributed by atoms with Crippen LogP contribution in [0.3, 0.4) is 0 Å². The molecule has 3 aliphatic rings. The Balaban J connectivity index is 0.00000210. The second kappa shape index (κ2) is 14.7. The van der Waals surface area contributed by atoms with Crippen LogP contribution >= 0.6 is 24.8 Å². The molecule has 0 aromatic heterocycles. The Hall–Kier alpha value is -1.83. The average Bonchev–Trinajstić information content (AvgIpc) is 2.91. The summed E-state index contributed by atoms with van der Waals surface area (Å²) in [5, 5.41) is 13.7. The second-order valence-electron chi connectivity index (χ2n) is 11.5. The molecular formula is C31H45Cl2N3O3. The number of rotatable bonds is 9. The van der Waals surface area contributed by atoms with Crippen molar-refractivity contribution in [2.75, 3.05) is 45.9 Å². The molecule has 5 rings (SSSR count). The van der Waals surface area contributed by atoms with Crippen molar-refractivity contribution in [2.24, 2.45) is 5.92 Å². The number of amides is 1. The molecular weight excluding hydrogens is 533 g/mol. The molecule has 2 bridgehead atoms. The first-order valence-corrected chi connectivity index (χ1v) is 14.2. The molecule has 4 atom stereocenters. The Labute approximate surface area is 246 Å². The van der Waals surface area contributed by atoms with Gasteiger partial charge in [0.05, 0.1) is 13.2 Å². The molecule has 39 heavy (non-hydrogen) atoms.